The van der Waals surface area contributed by atoms with Crippen LogP contribution >= 0.6 is 0 Å². The molecular weight excluding hydrogens is 523 g/mol. The Morgan fingerprint density at radius 3 is 2.62 bits per heavy atom. The quantitative estimate of drug-likeness (QED) is 0.318. The van der Waals surface area contributed by atoms with Crippen LogP contribution in [-0.2, 0) is 11.0 Å². The van der Waals surface area contributed by atoms with Crippen LogP contribution in [0.2, 0.25) is 0 Å². The highest BCUT2D eigenvalue weighted by Gasteiger charge is 2.37. The number of nitrogens with one attached hydrogen (secondary N) is 5. The summed E-state index contributed by atoms with van der Waals surface area (Å²) in [4.78, 5) is 29.7. The Balaban J connectivity index is 1.57. The summed E-state index contributed by atoms with van der Waals surface area (Å²) >= 11 is 0. The second-order valence-corrected chi connectivity index (χ2v) is 9.80. The number of rotatable bonds is 6. The van der Waals surface area contributed by atoms with Crippen molar-refractivity contribution in [1.82, 2.24) is 35.8 Å². The van der Waals surface area contributed by atoms with Crippen LogP contribution in [0.25, 0.3) is 16.6 Å². The first-order valence-electron chi connectivity index (χ1n) is 12.8. The van der Waals surface area contributed by atoms with E-state index in [0.29, 0.717) is 11.0 Å². The number of alkyl halides is 3. The number of piperazine rings is 1. The number of carbonyl (C=O) groups is 1. The molecule has 0 aliphatic carbocycles. The van der Waals surface area contributed by atoms with E-state index in [9.17, 15) is 18.0 Å². The molecule has 210 valence electrons. The lowest BCUT2D eigenvalue weighted by atomic mass is 9.99. The molecule has 4 heterocycles. The molecule has 1 aromatic carbocycles. The van der Waals surface area contributed by atoms with Crippen molar-refractivity contribution in [2.45, 2.75) is 19.1 Å². The van der Waals surface area contributed by atoms with Crippen molar-refractivity contribution in [3.8, 4) is 0 Å². The van der Waals surface area contributed by atoms with Gasteiger partial charge in [0.25, 0.3) is 5.91 Å². The van der Waals surface area contributed by atoms with Gasteiger partial charge < -0.3 is 30.7 Å². The normalized spacial score (nSPS) is 18.9. The minimum atomic E-state index is -4.62. The monoisotopic (exact) mass is 553 g/mol. The number of pyridine rings is 1. The Morgan fingerprint density at radius 2 is 1.93 bits per heavy atom. The summed E-state index contributed by atoms with van der Waals surface area (Å²) < 4.78 is 41.1. The molecule has 2 aromatic heterocycles. The first-order chi connectivity index (χ1) is 19.1. The van der Waals surface area contributed by atoms with Crippen molar-refractivity contribution >= 4 is 33.9 Å². The molecule has 10 nitrogen and oxygen atoms in total. The molecule has 0 unspecified atom stereocenters. The Bertz CT molecular complexity index is 1520. The Hall–Kier alpha value is -4.39. The highest BCUT2D eigenvalue weighted by atomic mass is 19.4. The predicted octanol–water partition coefficient (Wildman–Crippen LogP) is 3.00. The fourth-order valence-corrected chi connectivity index (χ4v) is 4.91. The van der Waals surface area contributed by atoms with E-state index in [-0.39, 0.29) is 34.2 Å². The molecule has 2 aliphatic rings. The number of nitrogens with zero attached hydrogens (tertiary/aromatic N) is 4. The van der Waals surface area contributed by atoms with Crippen LogP contribution in [0.15, 0.2) is 54.1 Å². The SMILES string of the molecule is CN/C=C1/NC(=O)C(c2nc3ccc(N4CCN(C)CC4)cc3[nH]2)=C(N[C@@H](C)c2ncccc2C(F)(F)F)C1=N. The molecule has 2 aliphatic heterocycles. The van der Waals surface area contributed by atoms with E-state index in [2.05, 4.69) is 47.7 Å². The zero-order valence-electron chi connectivity index (χ0n) is 22.3. The summed E-state index contributed by atoms with van der Waals surface area (Å²) in [5.41, 5.74) is 1.30. The topological polar surface area (TPSA) is 125 Å². The number of aromatic nitrogens is 3. The van der Waals surface area contributed by atoms with Crippen molar-refractivity contribution in [2.24, 2.45) is 0 Å². The number of carbonyl (C=O) groups excluding carboxylic acids is 1. The number of amides is 1. The number of halogens is 3. The summed E-state index contributed by atoms with van der Waals surface area (Å²) in [5.74, 6) is -0.356. The molecule has 3 aromatic rings. The predicted molar refractivity (Wildman–Crippen MR) is 147 cm³/mol. The molecule has 5 N–H and O–H groups in total. The van der Waals surface area contributed by atoms with Gasteiger partial charge in [0.05, 0.1) is 39.7 Å². The number of fused-ring (bicyclic) bond motifs is 1. The lowest BCUT2D eigenvalue weighted by Crippen LogP contribution is -2.44. The van der Waals surface area contributed by atoms with E-state index in [1.54, 1.807) is 7.05 Å². The molecule has 13 heteroatoms. The van der Waals surface area contributed by atoms with Gasteiger partial charge in [0.15, 0.2) is 0 Å². The van der Waals surface area contributed by atoms with Crippen molar-refractivity contribution in [3.63, 3.8) is 0 Å². The third-order valence-electron chi connectivity index (χ3n) is 7.02. The van der Waals surface area contributed by atoms with Gasteiger partial charge in [0, 0.05) is 51.3 Å². The van der Waals surface area contributed by atoms with Gasteiger partial charge in [-0.2, -0.15) is 13.2 Å². The number of imidazole rings is 1. The number of aromatic amines is 1. The van der Waals surface area contributed by atoms with Gasteiger partial charge in [-0.3, -0.25) is 15.2 Å². The number of H-pyrrole nitrogens is 1. The fraction of sp³-hybridized carbons (Fsp3) is 0.333. The van der Waals surface area contributed by atoms with Crippen LogP contribution in [0.5, 0.6) is 0 Å². The van der Waals surface area contributed by atoms with E-state index in [1.165, 1.54) is 25.4 Å². The summed E-state index contributed by atoms with van der Waals surface area (Å²) in [7, 11) is 3.70. The van der Waals surface area contributed by atoms with E-state index in [1.807, 2.05) is 18.2 Å². The lowest BCUT2D eigenvalue weighted by Gasteiger charge is -2.34. The van der Waals surface area contributed by atoms with E-state index in [4.69, 9.17) is 5.41 Å². The van der Waals surface area contributed by atoms with Gasteiger partial charge in [-0.15, -0.1) is 0 Å². The van der Waals surface area contributed by atoms with Crippen molar-refractivity contribution in [1.29, 1.82) is 5.41 Å². The van der Waals surface area contributed by atoms with E-state index >= 15 is 0 Å². The van der Waals surface area contributed by atoms with E-state index < -0.39 is 23.7 Å². The zero-order valence-corrected chi connectivity index (χ0v) is 22.3. The second kappa shape index (κ2) is 10.6. The third-order valence-corrected chi connectivity index (χ3v) is 7.02. The molecule has 1 atom stereocenters. The molecule has 0 spiro atoms. The summed E-state index contributed by atoms with van der Waals surface area (Å²) in [6, 6.07) is 7.00. The van der Waals surface area contributed by atoms with Crippen LogP contribution < -0.4 is 20.9 Å². The van der Waals surface area contributed by atoms with Gasteiger partial charge in [0.2, 0.25) is 0 Å². The second-order valence-electron chi connectivity index (χ2n) is 9.80. The molecule has 0 saturated carbocycles. The highest BCUT2D eigenvalue weighted by molar-refractivity contribution is 6.33. The Kier molecular flexibility index (Phi) is 7.23. The molecule has 0 bridgehead atoms. The lowest BCUT2D eigenvalue weighted by molar-refractivity contribution is -0.138. The highest BCUT2D eigenvalue weighted by Crippen LogP contribution is 2.34. The van der Waals surface area contributed by atoms with Gasteiger partial charge >= 0.3 is 6.18 Å². The summed E-state index contributed by atoms with van der Waals surface area (Å²) in [6.45, 7) is 5.17. The van der Waals surface area contributed by atoms with Gasteiger partial charge in [-0.25, -0.2) is 4.98 Å². The van der Waals surface area contributed by atoms with Gasteiger partial charge in [-0.05, 0) is 44.3 Å². The maximum atomic E-state index is 13.7. The third kappa shape index (κ3) is 5.24. The molecule has 0 radical (unpaired) electrons. The maximum Gasteiger partial charge on any atom is 0.418 e. The van der Waals surface area contributed by atoms with Gasteiger partial charge in [-0.1, -0.05) is 0 Å². The minimum Gasteiger partial charge on any atom is -0.392 e. The van der Waals surface area contributed by atoms with Crippen LogP contribution in [0.1, 0.15) is 30.0 Å². The number of likely N-dealkylation sites (N-methyl/N-ethyl adjacent to an activating group) is 1. The first-order valence-corrected chi connectivity index (χ1v) is 12.8. The number of anilines is 1. The smallest absolute Gasteiger partial charge is 0.392 e. The van der Waals surface area contributed by atoms with E-state index in [0.717, 1.165) is 37.9 Å². The zero-order chi connectivity index (χ0) is 28.6. The van der Waals surface area contributed by atoms with Crippen molar-refractivity contribution in [3.05, 3.63) is 71.2 Å². The molecular formula is C27H30F3N9O. The van der Waals surface area contributed by atoms with Crippen molar-refractivity contribution in [2.75, 3.05) is 45.2 Å². The molecule has 1 saturated heterocycles. The molecule has 40 heavy (non-hydrogen) atoms. The van der Waals surface area contributed by atoms with Gasteiger partial charge in [0.1, 0.15) is 17.1 Å². The van der Waals surface area contributed by atoms with Crippen LogP contribution in [0.4, 0.5) is 18.9 Å². The number of benzene rings is 1. The van der Waals surface area contributed by atoms with Crippen LogP contribution in [0, 0.1) is 5.41 Å². The average Bonchev–Trinajstić information content (AvgIpc) is 3.34. The standard InChI is InChI=1S/C27H30F3N9O/c1-15(23-17(27(28,29)30)5-4-8-33-23)34-24-21(26(40)37-20(14-32-2)22(24)31)25-35-18-7-6-16(13-19(18)36-25)39-11-9-38(3)10-12-39/h4-8,13-15,31-32,34H,9-12H2,1-3H3,(H,35,36)(H,37,40)/b20-14+,31-22?/t15-/m0/s1. The Labute approximate surface area is 228 Å². The summed E-state index contributed by atoms with van der Waals surface area (Å²) in [6.07, 6.45) is -1.90. The average molecular weight is 554 g/mol. The molecule has 5 rings (SSSR count). The fourth-order valence-electron chi connectivity index (χ4n) is 4.91. The van der Waals surface area contributed by atoms with Crippen LogP contribution in [0.3, 0.4) is 0 Å². The number of hydrogen-bond donors (Lipinski definition) is 5. The summed E-state index contributed by atoms with van der Waals surface area (Å²) in [5, 5.41) is 17.2. The Morgan fingerprint density at radius 1 is 1.18 bits per heavy atom. The molecule has 1 fully saturated rings. The molecule has 1 amide bonds. The first kappa shape index (κ1) is 27.2. The minimum absolute atomic E-state index is 0.0203. The van der Waals surface area contributed by atoms with Crippen molar-refractivity contribution < 1.29 is 18.0 Å². The largest absolute Gasteiger partial charge is 0.418 e. The number of hydrogen-bond acceptors (Lipinski definition) is 8. The van der Waals surface area contributed by atoms with Crippen LogP contribution in [-0.4, -0.2) is 71.7 Å². The maximum absolute atomic E-state index is 13.7.